The van der Waals surface area contributed by atoms with Gasteiger partial charge in [-0.15, -0.1) is 0 Å². The maximum absolute atomic E-state index is 13.1. The number of fused-ring (bicyclic) bond motifs is 1. The van der Waals surface area contributed by atoms with Crippen molar-refractivity contribution in [1.82, 2.24) is 4.72 Å². The summed E-state index contributed by atoms with van der Waals surface area (Å²) in [5.41, 5.74) is 1.88. The van der Waals surface area contributed by atoms with E-state index in [0.717, 1.165) is 5.56 Å². The van der Waals surface area contributed by atoms with E-state index in [2.05, 4.69) is 0 Å². The number of nitrogens with zero attached hydrogens (tertiary/aromatic N) is 1. The van der Waals surface area contributed by atoms with Gasteiger partial charge >= 0.3 is 0 Å². The molecule has 1 N–H and O–H groups in total. The third-order valence-corrected chi connectivity index (χ3v) is 5.50. The summed E-state index contributed by atoms with van der Waals surface area (Å²) in [7, 11) is -1.50. The monoisotopic (exact) mass is 422 g/mol. The van der Waals surface area contributed by atoms with E-state index in [1.807, 2.05) is 11.6 Å². The van der Waals surface area contributed by atoms with Crippen LogP contribution in [-0.2, 0) is 15.7 Å². The van der Waals surface area contributed by atoms with Gasteiger partial charge in [-0.05, 0) is 55.0 Å². The molecule has 0 aliphatic carbocycles. The van der Waals surface area contributed by atoms with Gasteiger partial charge in [0.1, 0.15) is 5.75 Å². The number of anilines is 1. The lowest BCUT2D eigenvalue weighted by atomic mass is 9.92. The Labute approximate surface area is 169 Å². The van der Waals surface area contributed by atoms with E-state index in [1.54, 1.807) is 47.4 Å². The van der Waals surface area contributed by atoms with Crippen LogP contribution in [0.4, 0.5) is 5.69 Å². The molecule has 1 heterocycles. The number of halogens is 1. The number of hydrogen-bond acceptors (Lipinski definition) is 5. The van der Waals surface area contributed by atoms with Crippen molar-refractivity contribution in [3.05, 3.63) is 58.6 Å². The summed E-state index contributed by atoms with van der Waals surface area (Å²) >= 11 is 5.91. The van der Waals surface area contributed by atoms with Gasteiger partial charge in [-0.3, -0.25) is 14.3 Å². The number of carbonyl (C=O) groups excluding carboxylic acids is 2. The van der Waals surface area contributed by atoms with E-state index in [9.17, 15) is 18.0 Å². The number of ether oxygens (including phenoxy) is 1. The molecule has 1 aliphatic rings. The van der Waals surface area contributed by atoms with Crippen LogP contribution in [0.1, 0.15) is 35.2 Å². The number of hydrogen-bond donors (Lipinski definition) is 2. The van der Waals surface area contributed by atoms with Crippen LogP contribution < -0.4 is 14.4 Å². The first-order chi connectivity index (χ1) is 13.3. The molecule has 28 heavy (non-hydrogen) atoms. The fraction of sp³-hybridized carbons (Fsp3) is 0.263. The van der Waals surface area contributed by atoms with Crippen molar-refractivity contribution < 1.29 is 22.7 Å². The zero-order chi connectivity index (χ0) is 20.4. The van der Waals surface area contributed by atoms with Gasteiger partial charge in [0, 0.05) is 34.7 Å². The maximum Gasteiger partial charge on any atom is 0.258 e. The molecule has 2 unspecified atom stereocenters. The highest BCUT2D eigenvalue weighted by molar-refractivity contribution is 7.71. The van der Waals surface area contributed by atoms with Crippen molar-refractivity contribution in [2.45, 2.75) is 25.3 Å². The van der Waals surface area contributed by atoms with Crippen LogP contribution in [-0.4, -0.2) is 33.4 Å². The molecule has 0 bridgehead atoms. The van der Waals surface area contributed by atoms with Crippen molar-refractivity contribution in [1.29, 1.82) is 0 Å². The minimum Gasteiger partial charge on any atom is -0.497 e. The van der Waals surface area contributed by atoms with Crippen molar-refractivity contribution >= 4 is 40.0 Å². The van der Waals surface area contributed by atoms with Crippen LogP contribution in [0.15, 0.2) is 42.5 Å². The Morgan fingerprint density at radius 2 is 1.86 bits per heavy atom. The highest BCUT2D eigenvalue weighted by atomic mass is 35.5. The average Bonchev–Trinajstić information content (AvgIpc) is 2.92. The van der Waals surface area contributed by atoms with E-state index in [-0.39, 0.29) is 24.3 Å². The summed E-state index contributed by atoms with van der Waals surface area (Å²) in [5, 5.41) is 0.525. The number of nitrogens with one attached hydrogen (secondary N) is 1. The summed E-state index contributed by atoms with van der Waals surface area (Å²) in [6, 6.07) is 11.5. The van der Waals surface area contributed by atoms with Gasteiger partial charge in [-0.1, -0.05) is 11.6 Å². The molecular weight excluding hydrogens is 404 g/mol. The molecule has 0 saturated heterocycles. The molecule has 2 atom stereocenters. The molecule has 0 fully saturated rings. The largest absolute Gasteiger partial charge is 0.497 e. The molecule has 148 valence electrons. The Hall–Kier alpha value is -2.58. The van der Waals surface area contributed by atoms with Gasteiger partial charge < -0.3 is 9.64 Å². The van der Waals surface area contributed by atoms with Crippen LogP contribution in [0.5, 0.6) is 5.75 Å². The van der Waals surface area contributed by atoms with Crippen molar-refractivity contribution in [3.8, 4) is 5.75 Å². The summed E-state index contributed by atoms with van der Waals surface area (Å²) < 4.78 is 28.8. The molecule has 2 aromatic carbocycles. The molecule has 0 spiro atoms. The molecule has 2 amide bonds. The van der Waals surface area contributed by atoms with Crippen molar-refractivity contribution in [3.63, 3.8) is 0 Å². The van der Waals surface area contributed by atoms with E-state index < -0.39 is 16.8 Å². The number of amides is 2. The van der Waals surface area contributed by atoms with E-state index >= 15 is 0 Å². The second-order valence-corrected chi connectivity index (χ2v) is 7.62. The Kier molecular flexibility index (Phi) is 5.90. The van der Waals surface area contributed by atoms with Crippen LogP contribution in [0.3, 0.4) is 0 Å². The lowest BCUT2D eigenvalue weighted by molar-refractivity contribution is -0.119. The Balaban J connectivity index is 1.99. The standard InChI is InChI=1S/C19H19ClN2O5S/c1-11-15(10-18(23)21-28(25)26)16-9-14(27-2)7-8-17(16)22(11)19(24)12-3-5-13(20)6-4-12/h3-9,11,15,28H,10H2,1-2H3,(H,21,23,25,26). The number of benzene rings is 2. The number of carbonyl (C=O) groups is 2. The summed E-state index contributed by atoms with van der Waals surface area (Å²) in [5.74, 6) is -0.640. The van der Waals surface area contributed by atoms with Crippen LogP contribution in [0.25, 0.3) is 0 Å². The average molecular weight is 423 g/mol. The first kappa shape index (κ1) is 20.2. The molecular formula is C19H19ClN2O5S. The van der Waals surface area contributed by atoms with Gasteiger partial charge in [-0.2, -0.15) is 0 Å². The normalized spacial score (nSPS) is 18.1. The molecule has 0 saturated carbocycles. The zero-order valence-corrected chi connectivity index (χ0v) is 16.9. The quantitative estimate of drug-likeness (QED) is 0.722. The van der Waals surface area contributed by atoms with Gasteiger partial charge in [0.25, 0.3) is 5.91 Å². The maximum atomic E-state index is 13.1. The third-order valence-electron chi connectivity index (χ3n) is 4.81. The molecule has 0 radical (unpaired) electrons. The summed E-state index contributed by atoms with van der Waals surface area (Å²) in [6.07, 6.45) is -0.0744. The summed E-state index contributed by atoms with van der Waals surface area (Å²) in [6.45, 7) is 1.83. The molecule has 2 aromatic rings. The highest BCUT2D eigenvalue weighted by Crippen LogP contribution is 2.45. The van der Waals surface area contributed by atoms with Crippen LogP contribution in [0, 0.1) is 0 Å². The lowest BCUT2D eigenvalue weighted by Crippen LogP contribution is -2.38. The number of rotatable bonds is 5. The number of methoxy groups -OCH3 is 1. The molecule has 9 heteroatoms. The minimum absolute atomic E-state index is 0.0744. The first-order valence-corrected chi connectivity index (χ1v) is 10.1. The third kappa shape index (κ3) is 3.98. The van der Waals surface area contributed by atoms with E-state index in [0.29, 0.717) is 22.0 Å². The lowest BCUT2D eigenvalue weighted by Gasteiger charge is -2.25. The topological polar surface area (TPSA) is 92.8 Å². The smallest absolute Gasteiger partial charge is 0.258 e. The minimum atomic E-state index is -3.03. The molecule has 3 rings (SSSR count). The Morgan fingerprint density at radius 3 is 2.46 bits per heavy atom. The first-order valence-electron chi connectivity index (χ1n) is 8.52. The van der Waals surface area contributed by atoms with Crippen LogP contribution in [0.2, 0.25) is 5.02 Å². The van der Waals surface area contributed by atoms with Gasteiger partial charge in [0.15, 0.2) is 0 Å². The van der Waals surface area contributed by atoms with Crippen LogP contribution >= 0.6 is 11.6 Å². The van der Waals surface area contributed by atoms with E-state index in [1.165, 1.54) is 7.11 Å². The SMILES string of the molecule is COc1ccc2c(c1)C(CC(=O)N[SH](=O)=O)C(C)N2C(=O)c1ccc(Cl)cc1. The fourth-order valence-corrected chi connectivity index (χ4v) is 3.91. The van der Waals surface area contributed by atoms with E-state index in [4.69, 9.17) is 16.3 Å². The fourth-order valence-electron chi connectivity index (χ4n) is 3.49. The summed E-state index contributed by atoms with van der Waals surface area (Å²) in [4.78, 5) is 26.8. The Bertz CT molecular complexity index is 982. The predicted molar refractivity (Wildman–Crippen MR) is 107 cm³/mol. The van der Waals surface area contributed by atoms with Gasteiger partial charge in [-0.25, -0.2) is 8.42 Å². The van der Waals surface area contributed by atoms with Gasteiger partial charge in [0.2, 0.25) is 16.8 Å². The van der Waals surface area contributed by atoms with Crippen molar-refractivity contribution in [2.24, 2.45) is 0 Å². The second-order valence-electron chi connectivity index (χ2n) is 6.45. The van der Waals surface area contributed by atoms with Crippen molar-refractivity contribution in [2.75, 3.05) is 12.0 Å². The second kappa shape index (κ2) is 8.20. The highest BCUT2D eigenvalue weighted by Gasteiger charge is 2.40. The zero-order valence-electron chi connectivity index (χ0n) is 15.2. The molecule has 0 aromatic heterocycles. The molecule has 1 aliphatic heterocycles. The van der Waals surface area contributed by atoms with Gasteiger partial charge in [0.05, 0.1) is 7.11 Å². The number of thiol groups is 1. The predicted octanol–water partition coefficient (Wildman–Crippen LogP) is 2.51. The Morgan fingerprint density at radius 1 is 1.18 bits per heavy atom. The molecule has 7 nitrogen and oxygen atoms in total.